The Morgan fingerprint density at radius 1 is 1.27 bits per heavy atom. The molecular formula is C20H36IN3O2. The molecule has 0 aromatic heterocycles. The van der Waals surface area contributed by atoms with E-state index in [2.05, 4.69) is 55.5 Å². The third-order valence-corrected chi connectivity index (χ3v) is 4.09. The number of methoxy groups -OCH3 is 1. The summed E-state index contributed by atoms with van der Waals surface area (Å²) < 4.78 is 5.45. The molecule has 0 aliphatic heterocycles. The van der Waals surface area contributed by atoms with E-state index < -0.39 is 0 Å². The van der Waals surface area contributed by atoms with Gasteiger partial charge in [-0.05, 0) is 50.2 Å². The van der Waals surface area contributed by atoms with Crippen LogP contribution in [0.1, 0.15) is 44.7 Å². The van der Waals surface area contributed by atoms with Crippen molar-refractivity contribution in [1.82, 2.24) is 10.6 Å². The molecule has 0 aliphatic rings. The summed E-state index contributed by atoms with van der Waals surface area (Å²) in [5, 5.41) is 16.0. The van der Waals surface area contributed by atoms with E-state index in [1.54, 1.807) is 7.11 Å². The lowest BCUT2D eigenvalue weighted by molar-refractivity contribution is 0.243. The van der Waals surface area contributed by atoms with E-state index in [9.17, 15) is 5.11 Å². The molecule has 0 heterocycles. The SMILES string of the molecule is CCNC(=NCc1ccc(C)cc1OC)NCC(CCO)CC(C)C.I. The topological polar surface area (TPSA) is 65.9 Å². The van der Waals surface area contributed by atoms with Gasteiger partial charge in [0.25, 0.3) is 0 Å². The first-order chi connectivity index (χ1) is 12.0. The Balaban J connectivity index is 0.00000625. The second-order valence-electron chi connectivity index (χ2n) is 6.90. The minimum atomic E-state index is 0. The van der Waals surface area contributed by atoms with Crippen molar-refractivity contribution >= 4 is 29.9 Å². The molecule has 26 heavy (non-hydrogen) atoms. The lowest BCUT2D eigenvalue weighted by Crippen LogP contribution is -2.40. The third-order valence-electron chi connectivity index (χ3n) is 4.09. The molecule has 1 aromatic rings. The summed E-state index contributed by atoms with van der Waals surface area (Å²) in [6.45, 7) is 11.0. The normalized spacial score (nSPS) is 12.5. The number of rotatable bonds is 10. The Kier molecular flexibility index (Phi) is 13.5. The average molecular weight is 477 g/mol. The summed E-state index contributed by atoms with van der Waals surface area (Å²) in [6, 6.07) is 6.17. The molecule has 5 nitrogen and oxygen atoms in total. The zero-order valence-electron chi connectivity index (χ0n) is 16.8. The van der Waals surface area contributed by atoms with Crippen LogP contribution < -0.4 is 15.4 Å². The largest absolute Gasteiger partial charge is 0.496 e. The average Bonchev–Trinajstić information content (AvgIpc) is 2.57. The summed E-state index contributed by atoms with van der Waals surface area (Å²) in [5.74, 6) is 2.74. The Morgan fingerprint density at radius 2 is 2.00 bits per heavy atom. The Morgan fingerprint density at radius 3 is 2.58 bits per heavy atom. The summed E-state index contributed by atoms with van der Waals surface area (Å²) >= 11 is 0. The smallest absolute Gasteiger partial charge is 0.191 e. The zero-order chi connectivity index (χ0) is 18.7. The van der Waals surface area contributed by atoms with E-state index in [-0.39, 0.29) is 30.6 Å². The highest BCUT2D eigenvalue weighted by Gasteiger charge is 2.11. The number of guanidine groups is 1. The third kappa shape index (κ3) is 9.62. The van der Waals surface area contributed by atoms with Gasteiger partial charge in [-0.1, -0.05) is 26.0 Å². The van der Waals surface area contributed by atoms with Gasteiger partial charge in [-0.25, -0.2) is 4.99 Å². The Hall–Kier alpha value is -1.02. The fourth-order valence-electron chi connectivity index (χ4n) is 2.88. The van der Waals surface area contributed by atoms with Crippen LogP contribution in [0.3, 0.4) is 0 Å². The predicted octanol–water partition coefficient (Wildman–Crippen LogP) is 3.72. The molecule has 1 aromatic carbocycles. The van der Waals surface area contributed by atoms with Crippen molar-refractivity contribution in [3.8, 4) is 5.75 Å². The first kappa shape index (κ1) is 25.0. The lowest BCUT2D eigenvalue weighted by atomic mass is 9.94. The maximum absolute atomic E-state index is 9.26. The summed E-state index contributed by atoms with van der Waals surface area (Å²) in [6.07, 6.45) is 1.91. The Bertz CT molecular complexity index is 536. The number of ether oxygens (including phenoxy) is 1. The lowest BCUT2D eigenvalue weighted by Gasteiger charge is -2.20. The van der Waals surface area contributed by atoms with Gasteiger partial charge in [0.05, 0.1) is 13.7 Å². The second kappa shape index (κ2) is 14.1. The molecule has 0 radical (unpaired) electrons. The maximum Gasteiger partial charge on any atom is 0.191 e. The molecule has 0 bridgehead atoms. The van der Waals surface area contributed by atoms with Crippen molar-refractivity contribution in [3.05, 3.63) is 29.3 Å². The van der Waals surface area contributed by atoms with Gasteiger partial charge in [-0.3, -0.25) is 0 Å². The van der Waals surface area contributed by atoms with Crippen molar-refractivity contribution in [2.24, 2.45) is 16.8 Å². The number of hydrogen-bond acceptors (Lipinski definition) is 3. The van der Waals surface area contributed by atoms with Crippen LogP contribution in [-0.2, 0) is 6.54 Å². The van der Waals surface area contributed by atoms with Gasteiger partial charge in [0, 0.05) is 25.3 Å². The number of nitrogens with one attached hydrogen (secondary N) is 2. The first-order valence-electron chi connectivity index (χ1n) is 9.26. The van der Waals surface area contributed by atoms with Crippen LogP contribution >= 0.6 is 24.0 Å². The molecule has 0 spiro atoms. The van der Waals surface area contributed by atoms with Crippen LogP contribution in [0.4, 0.5) is 0 Å². The van der Waals surface area contributed by atoms with Crippen LogP contribution in [0.5, 0.6) is 5.75 Å². The van der Waals surface area contributed by atoms with E-state index in [0.717, 1.165) is 43.2 Å². The van der Waals surface area contributed by atoms with Crippen LogP contribution in [0.15, 0.2) is 23.2 Å². The molecule has 6 heteroatoms. The molecule has 0 saturated heterocycles. The van der Waals surface area contributed by atoms with E-state index in [1.165, 1.54) is 5.56 Å². The fourth-order valence-corrected chi connectivity index (χ4v) is 2.88. The van der Waals surface area contributed by atoms with E-state index in [0.29, 0.717) is 18.4 Å². The van der Waals surface area contributed by atoms with Gasteiger partial charge in [-0.2, -0.15) is 0 Å². The van der Waals surface area contributed by atoms with Crippen molar-refractivity contribution in [2.45, 2.75) is 47.1 Å². The van der Waals surface area contributed by atoms with Crippen LogP contribution in [0.25, 0.3) is 0 Å². The second-order valence-corrected chi connectivity index (χ2v) is 6.90. The number of aliphatic hydroxyl groups excluding tert-OH is 1. The van der Waals surface area contributed by atoms with Crippen LogP contribution in [0.2, 0.25) is 0 Å². The van der Waals surface area contributed by atoms with Gasteiger partial charge < -0.3 is 20.5 Å². The summed E-state index contributed by atoms with van der Waals surface area (Å²) in [5.41, 5.74) is 2.24. The molecular weight excluding hydrogens is 441 g/mol. The van der Waals surface area contributed by atoms with Gasteiger partial charge in [0.1, 0.15) is 5.75 Å². The van der Waals surface area contributed by atoms with Gasteiger partial charge in [-0.15, -0.1) is 24.0 Å². The molecule has 0 saturated carbocycles. The minimum absolute atomic E-state index is 0. The van der Waals surface area contributed by atoms with Crippen LogP contribution in [0, 0.1) is 18.8 Å². The molecule has 150 valence electrons. The van der Waals surface area contributed by atoms with E-state index >= 15 is 0 Å². The van der Waals surface area contributed by atoms with Crippen molar-refractivity contribution in [2.75, 3.05) is 26.8 Å². The summed E-state index contributed by atoms with van der Waals surface area (Å²) in [7, 11) is 1.69. The number of benzene rings is 1. The molecule has 3 N–H and O–H groups in total. The quantitative estimate of drug-likeness (QED) is 0.273. The number of aryl methyl sites for hydroxylation is 1. The van der Waals surface area contributed by atoms with Crippen molar-refractivity contribution < 1.29 is 9.84 Å². The van der Waals surface area contributed by atoms with Gasteiger partial charge >= 0.3 is 0 Å². The first-order valence-corrected chi connectivity index (χ1v) is 9.26. The van der Waals surface area contributed by atoms with Gasteiger partial charge in [0.15, 0.2) is 5.96 Å². The molecule has 1 unspecified atom stereocenters. The van der Waals surface area contributed by atoms with Crippen LogP contribution in [-0.4, -0.2) is 37.9 Å². The standard InChI is InChI=1S/C20H35N3O2.HI/c1-6-21-20(22-13-17(9-10-24)11-15(2)3)23-14-18-8-7-16(4)12-19(18)25-5;/h7-8,12,15,17,24H,6,9-11,13-14H2,1-5H3,(H2,21,22,23);1H. The zero-order valence-corrected chi connectivity index (χ0v) is 19.2. The van der Waals surface area contributed by atoms with Crippen molar-refractivity contribution in [3.63, 3.8) is 0 Å². The molecule has 0 amide bonds. The molecule has 1 rings (SSSR count). The number of nitrogens with zero attached hydrogens (tertiary/aromatic N) is 1. The number of aliphatic hydroxyl groups is 1. The van der Waals surface area contributed by atoms with E-state index in [1.807, 2.05) is 6.07 Å². The number of hydrogen-bond donors (Lipinski definition) is 3. The minimum Gasteiger partial charge on any atom is -0.496 e. The molecule has 1 atom stereocenters. The Labute approximate surface area is 176 Å². The highest BCUT2D eigenvalue weighted by molar-refractivity contribution is 14.0. The monoisotopic (exact) mass is 477 g/mol. The molecule has 0 aliphatic carbocycles. The predicted molar refractivity (Wildman–Crippen MR) is 121 cm³/mol. The molecule has 0 fully saturated rings. The fraction of sp³-hybridized carbons (Fsp3) is 0.650. The maximum atomic E-state index is 9.26. The van der Waals surface area contributed by atoms with Gasteiger partial charge in [0.2, 0.25) is 0 Å². The number of aliphatic imine (C=N–C) groups is 1. The van der Waals surface area contributed by atoms with Crippen molar-refractivity contribution in [1.29, 1.82) is 0 Å². The number of halogens is 1. The highest BCUT2D eigenvalue weighted by atomic mass is 127. The highest BCUT2D eigenvalue weighted by Crippen LogP contribution is 2.20. The summed E-state index contributed by atoms with van der Waals surface area (Å²) in [4.78, 5) is 4.69. The van der Waals surface area contributed by atoms with E-state index in [4.69, 9.17) is 4.74 Å².